The van der Waals surface area contributed by atoms with Gasteiger partial charge in [-0.3, -0.25) is 4.72 Å². The van der Waals surface area contributed by atoms with Crippen molar-refractivity contribution in [1.82, 2.24) is 0 Å². The number of sulfonamides is 1. The molecule has 0 aliphatic rings. The number of hydrogen-bond acceptors (Lipinski definition) is 3. The second-order valence-electron chi connectivity index (χ2n) is 4.00. The highest BCUT2D eigenvalue weighted by molar-refractivity contribution is 9.10. The zero-order chi connectivity index (χ0) is 14.8. The van der Waals surface area contributed by atoms with E-state index in [1.807, 2.05) is 0 Å². The minimum atomic E-state index is -3.88. The maximum atomic E-state index is 13.4. The summed E-state index contributed by atoms with van der Waals surface area (Å²) in [6.45, 7) is -0.397. The lowest BCUT2D eigenvalue weighted by Gasteiger charge is -2.11. The molecule has 2 N–H and O–H groups in total. The Kier molecular flexibility index (Phi) is 4.42. The Morgan fingerprint density at radius 3 is 2.55 bits per heavy atom. The van der Waals surface area contributed by atoms with E-state index < -0.39 is 22.4 Å². The lowest BCUT2D eigenvalue weighted by atomic mass is 10.2. The van der Waals surface area contributed by atoms with Crippen molar-refractivity contribution in [2.24, 2.45) is 0 Å². The average Bonchev–Trinajstić information content (AvgIpc) is 2.42. The van der Waals surface area contributed by atoms with Crippen LogP contribution in [0.5, 0.6) is 0 Å². The molecule has 4 nitrogen and oxygen atoms in total. The largest absolute Gasteiger partial charge is 0.392 e. The van der Waals surface area contributed by atoms with Gasteiger partial charge in [0.15, 0.2) is 0 Å². The first kappa shape index (κ1) is 15.0. The molecular weight excluding hydrogens is 349 g/mol. The van der Waals surface area contributed by atoms with Crippen LogP contribution in [-0.4, -0.2) is 13.5 Å². The van der Waals surface area contributed by atoms with E-state index in [4.69, 9.17) is 5.11 Å². The molecule has 106 valence electrons. The molecule has 0 spiro atoms. The van der Waals surface area contributed by atoms with Crippen molar-refractivity contribution >= 4 is 31.6 Å². The molecule has 0 aliphatic carbocycles. The van der Waals surface area contributed by atoms with Gasteiger partial charge in [-0.05, 0) is 45.8 Å². The van der Waals surface area contributed by atoms with Crippen LogP contribution in [0.3, 0.4) is 0 Å². The average molecular weight is 360 g/mol. The van der Waals surface area contributed by atoms with Crippen LogP contribution >= 0.6 is 15.9 Å². The lowest BCUT2D eigenvalue weighted by molar-refractivity contribution is 0.278. The number of halogens is 2. The summed E-state index contributed by atoms with van der Waals surface area (Å²) in [6, 6.07) is 9.99. The molecule has 0 unspecified atom stereocenters. The predicted molar refractivity (Wildman–Crippen MR) is 77.3 cm³/mol. The highest BCUT2D eigenvalue weighted by Gasteiger charge is 2.18. The van der Waals surface area contributed by atoms with Gasteiger partial charge in [0.25, 0.3) is 10.0 Å². The van der Waals surface area contributed by atoms with Crippen molar-refractivity contribution in [1.29, 1.82) is 0 Å². The summed E-state index contributed by atoms with van der Waals surface area (Å²) in [5.41, 5.74) is 0.385. The van der Waals surface area contributed by atoms with Crippen molar-refractivity contribution in [3.8, 4) is 0 Å². The molecular formula is C13H11BrFNO3S. The minimum absolute atomic E-state index is 0.0363. The van der Waals surface area contributed by atoms with Crippen LogP contribution < -0.4 is 4.72 Å². The van der Waals surface area contributed by atoms with E-state index in [1.165, 1.54) is 24.3 Å². The quantitative estimate of drug-likeness (QED) is 0.881. The van der Waals surface area contributed by atoms with Gasteiger partial charge < -0.3 is 5.11 Å². The van der Waals surface area contributed by atoms with Gasteiger partial charge in [-0.25, -0.2) is 12.8 Å². The molecule has 0 aromatic heterocycles. The van der Waals surface area contributed by atoms with Gasteiger partial charge in [-0.1, -0.05) is 18.2 Å². The number of hydrogen-bond donors (Lipinski definition) is 2. The van der Waals surface area contributed by atoms with Gasteiger partial charge in [0.05, 0.1) is 21.7 Å². The second-order valence-corrected chi connectivity index (χ2v) is 6.51. The Hall–Kier alpha value is -1.44. The number of aliphatic hydroxyl groups is 1. The van der Waals surface area contributed by atoms with E-state index >= 15 is 0 Å². The predicted octanol–water partition coefficient (Wildman–Crippen LogP) is 2.88. The third-order valence-electron chi connectivity index (χ3n) is 2.60. The van der Waals surface area contributed by atoms with Crippen LogP contribution in [-0.2, 0) is 16.6 Å². The molecule has 0 fully saturated rings. The molecule has 2 aromatic rings. The summed E-state index contributed by atoms with van der Waals surface area (Å²) < 4.78 is 40.3. The highest BCUT2D eigenvalue weighted by atomic mass is 79.9. The fraction of sp³-hybridized carbons (Fsp3) is 0.0769. The number of anilines is 1. The van der Waals surface area contributed by atoms with Crippen LogP contribution in [0.2, 0.25) is 0 Å². The Balaban J connectivity index is 2.38. The van der Waals surface area contributed by atoms with Crippen molar-refractivity contribution in [3.05, 3.63) is 58.3 Å². The SMILES string of the molecule is O=S(=O)(Nc1ccc(Br)c(F)c1)c1ccccc1CO. The number of rotatable bonds is 4. The monoisotopic (exact) mass is 359 g/mol. The van der Waals surface area contributed by atoms with E-state index in [9.17, 15) is 12.8 Å². The number of nitrogens with one attached hydrogen (secondary N) is 1. The summed E-state index contributed by atoms with van der Waals surface area (Å²) in [5.74, 6) is -0.569. The molecule has 7 heteroatoms. The van der Waals surface area contributed by atoms with Crippen LogP contribution in [0.15, 0.2) is 51.8 Å². The fourth-order valence-electron chi connectivity index (χ4n) is 1.67. The van der Waals surface area contributed by atoms with Gasteiger partial charge in [0.2, 0.25) is 0 Å². The molecule has 0 aliphatic heterocycles. The van der Waals surface area contributed by atoms with E-state index in [0.29, 0.717) is 0 Å². The maximum Gasteiger partial charge on any atom is 0.262 e. The summed E-state index contributed by atoms with van der Waals surface area (Å²) in [4.78, 5) is -0.0363. The summed E-state index contributed by atoms with van der Waals surface area (Å²) in [6.07, 6.45) is 0. The lowest BCUT2D eigenvalue weighted by Crippen LogP contribution is -2.15. The second kappa shape index (κ2) is 5.90. The molecule has 2 aromatic carbocycles. The Morgan fingerprint density at radius 1 is 1.20 bits per heavy atom. The summed E-state index contributed by atoms with van der Waals surface area (Å²) in [5, 5.41) is 9.17. The third kappa shape index (κ3) is 3.17. The Bertz CT molecular complexity index is 734. The fourth-order valence-corrected chi connectivity index (χ4v) is 3.20. The molecule has 0 amide bonds. The van der Waals surface area contributed by atoms with Gasteiger partial charge in [-0.15, -0.1) is 0 Å². The highest BCUT2D eigenvalue weighted by Crippen LogP contribution is 2.23. The van der Waals surface area contributed by atoms with Crippen LogP contribution in [0.1, 0.15) is 5.56 Å². The van der Waals surface area contributed by atoms with Crippen molar-refractivity contribution < 1.29 is 17.9 Å². The van der Waals surface area contributed by atoms with Gasteiger partial charge in [0.1, 0.15) is 5.82 Å². The van der Waals surface area contributed by atoms with Crippen LogP contribution in [0.25, 0.3) is 0 Å². The molecule has 0 atom stereocenters. The normalized spacial score (nSPS) is 11.3. The first-order chi connectivity index (χ1) is 9.44. The van der Waals surface area contributed by atoms with E-state index in [0.717, 1.165) is 6.07 Å². The maximum absolute atomic E-state index is 13.4. The molecule has 0 saturated heterocycles. The van der Waals surface area contributed by atoms with Gasteiger partial charge >= 0.3 is 0 Å². The first-order valence-electron chi connectivity index (χ1n) is 5.60. The first-order valence-corrected chi connectivity index (χ1v) is 7.88. The van der Waals surface area contributed by atoms with Crippen LogP contribution in [0, 0.1) is 5.82 Å². The number of aliphatic hydroxyl groups excluding tert-OH is 1. The van der Waals surface area contributed by atoms with Gasteiger partial charge in [0, 0.05) is 0 Å². The standard InChI is InChI=1S/C13H11BrFNO3S/c14-11-6-5-10(7-12(11)15)16-20(18,19)13-4-2-1-3-9(13)8-17/h1-7,16-17H,8H2. The van der Waals surface area contributed by atoms with Crippen LogP contribution in [0.4, 0.5) is 10.1 Å². The van der Waals surface area contributed by atoms with Crippen molar-refractivity contribution in [3.63, 3.8) is 0 Å². The zero-order valence-corrected chi connectivity index (χ0v) is 12.6. The number of benzene rings is 2. The molecule has 0 radical (unpaired) electrons. The van der Waals surface area contributed by atoms with Crippen molar-refractivity contribution in [2.75, 3.05) is 4.72 Å². The smallest absolute Gasteiger partial charge is 0.262 e. The van der Waals surface area contributed by atoms with E-state index in [2.05, 4.69) is 20.7 Å². The van der Waals surface area contributed by atoms with E-state index in [1.54, 1.807) is 12.1 Å². The molecule has 2 rings (SSSR count). The third-order valence-corrected chi connectivity index (χ3v) is 4.73. The molecule has 0 saturated carbocycles. The van der Waals surface area contributed by atoms with Crippen molar-refractivity contribution in [2.45, 2.75) is 11.5 Å². The van der Waals surface area contributed by atoms with Gasteiger partial charge in [-0.2, -0.15) is 0 Å². The molecule has 0 bridgehead atoms. The Labute approximate surface area is 124 Å². The summed E-state index contributed by atoms with van der Waals surface area (Å²) in [7, 11) is -3.88. The minimum Gasteiger partial charge on any atom is -0.392 e. The zero-order valence-electron chi connectivity index (χ0n) is 10.2. The molecule has 20 heavy (non-hydrogen) atoms. The summed E-state index contributed by atoms with van der Waals surface area (Å²) >= 11 is 2.99. The molecule has 0 heterocycles. The Morgan fingerprint density at radius 2 is 1.90 bits per heavy atom. The van der Waals surface area contributed by atoms with E-state index in [-0.39, 0.29) is 20.6 Å². The topological polar surface area (TPSA) is 66.4 Å².